The van der Waals surface area contributed by atoms with Crippen LogP contribution in [-0.4, -0.2) is 23.7 Å². The van der Waals surface area contributed by atoms with Gasteiger partial charge in [0.25, 0.3) is 0 Å². The van der Waals surface area contributed by atoms with Crippen molar-refractivity contribution in [1.29, 1.82) is 0 Å². The lowest BCUT2D eigenvalue weighted by Gasteiger charge is -2.14. The van der Waals surface area contributed by atoms with Gasteiger partial charge in [-0.3, -0.25) is 4.68 Å². The Kier molecular flexibility index (Phi) is 2.81. The van der Waals surface area contributed by atoms with Crippen LogP contribution in [0.4, 0.5) is 0 Å². The maximum atomic E-state index is 5.45. The molecule has 2 aromatic rings. The van der Waals surface area contributed by atoms with E-state index in [1.807, 2.05) is 22.9 Å². The molecule has 3 rings (SSSR count). The fraction of sp³-hybridized carbons (Fsp3) is 0.357. The molecule has 19 heavy (non-hydrogen) atoms. The molecule has 0 N–H and O–H groups in total. The molecule has 1 aliphatic heterocycles. The van der Waals surface area contributed by atoms with E-state index in [1.54, 1.807) is 13.3 Å². The van der Waals surface area contributed by atoms with Crippen LogP contribution in [0, 0.1) is 0 Å². The molecule has 0 saturated heterocycles. The Bertz CT molecular complexity index is 605. The van der Waals surface area contributed by atoms with Crippen LogP contribution in [0.3, 0.4) is 0 Å². The number of nitrogens with zero attached hydrogens (tertiary/aromatic N) is 2. The second-order valence-electron chi connectivity index (χ2n) is 4.66. The number of hydrogen-bond acceptors (Lipinski definition) is 4. The third-order valence-electron chi connectivity index (χ3n) is 3.13. The molecule has 5 nitrogen and oxygen atoms in total. The lowest BCUT2D eigenvalue weighted by atomic mass is 10.1. The minimum absolute atomic E-state index is 0.255. The molecule has 0 amide bonds. The first kappa shape index (κ1) is 11.9. The monoisotopic (exact) mass is 260 g/mol. The third-order valence-corrected chi connectivity index (χ3v) is 3.13. The standard InChI is InChI=1S/C14H16N2O3/c1-9(2)16-11(4-5-15-16)10-6-13-14(19-8-18-13)7-12(10)17-3/h4-7,9H,8H2,1-3H3. The third kappa shape index (κ3) is 1.91. The van der Waals surface area contributed by atoms with Crippen LogP contribution in [0.5, 0.6) is 17.2 Å². The molecule has 0 atom stereocenters. The number of rotatable bonds is 3. The summed E-state index contributed by atoms with van der Waals surface area (Å²) in [5.41, 5.74) is 1.96. The first-order valence-electron chi connectivity index (χ1n) is 6.22. The van der Waals surface area contributed by atoms with E-state index in [1.165, 1.54) is 0 Å². The van der Waals surface area contributed by atoms with E-state index in [0.717, 1.165) is 28.5 Å². The average molecular weight is 260 g/mol. The first-order valence-corrected chi connectivity index (χ1v) is 6.22. The summed E-state index contributed by atoms with van der Waals surface area (Å²) in [6.45, 7) is 4.44. The highest BCUT2D eigenvalue weighted by molar-refractivity contribution is 5.72. The summed E-state index contributed by atoms with van der Waals surface area (Å²) in [5.74, 6) is 2.22. The van der Waals surface area contributed by atoms with Crippen LogP contribution < -0.4 is 14.2 Å². The van der Waals surface area contributed by atoms with Crippen LogP contribution in [0.15, 0.2) is 24.4 Å². The van der Waals surface area contributed by atoms with Crippen LogP contribution >= 0.6 is 0 Å². The van der Waals surface area contributed by atoms with E-state index >= 15 is 0 Å². The second-order valence-corrected chi connectivity index (χ2v) is 4.66. The van der Waals surface area contributed by atoms with E-state index < -0.39 is 0 Å². The molecule has 0 unspecified atom stereocenters. The Hall–Kier alpha value is -2.17. The summed E-state index contributed by atoms with van der Waals surface area (Å²) in [6, 6.07) is 6.05. The van der Waals surface area contributed by atoms with Crippen LogP contribution in [-0.2, 0) is 0 Å². The molecule has 2 heterocycles. The summed E-state index contributed by atoms with van der Waals surface area (Å²) in [6.07, 6.45) is 1.79. The SMILES string of the molecule is COc1cc2c(cc1-c1ccnn1C(C)C)OCO2. The van der Waals surface area contributed by atoms with Gasteiger partial charge in [0, 0.05) is 23.9 Å². The molecular weight excluding hydrogens is 244 g/mol. The van der Waals surface area contributed by atoms with E-state index in [9.17, 15) is 0 Å². The Labute approximate surface area is 111 Å². The Morgan fingerprint density at radius 1 is 1.26 bits per heavy atom. The van der Waals surface area contributed by atoms with Gasteiger partial charge in [-0.15, -0.1) is 0 Å². The predicted molar refractivity (Wildman–Crippen MR) is 70.7 cm³/mol. The summed E-state index contributed by atoms with van der Waals surface area (Å²) >= 11 is 0. The van der Waals surface area contributed by atoms with Gasteiger partial charge in [0.15, 0.2) is 11.5 Å². The second kappa shape index (κ2) is 4.50. The number of ether oxygens (including phenoxy) is 3. The van der Waals surface area contributed by atoms with Gasteiger partial charge in [0.1, 0.15) is 5.75 Å². The van der Waals surface area contributed by atoms with E-state index in [2.05, 4.69) is 18.9 Å². The summed E-state index contributed by atoms with van der Waals surface area (Å²) in [7, 11) is 1.65. The number of methoxy groups -OCH3 is 1. The van der Waals surface area contributed by atoms with Crippen molar-refractivity contribution < 1.29 is 14.2 Å². The quantitative estimate of drug-likeness (QED) is 0.851. The molecule has 0 saturated carbocycles. The lowest BCUT2D eigenvalue weighted by Crippen LogP contribution is -2.05. The van der Waals surface area contributed by atoms with Gasteiger partial charge in [-0.05, 0) is 26.0 Å². The molecule has 0 radical (unpaired) electrons. The van der Waals surface area contributed by atoms with Crippen molar-refractivity contribution in [3.8, 4) is 28.5 Å². The molecule has 0 bridgehead atoms. The molecule has 1 aliphatic rings. The first-order chi connectivity index (χ1) is 9.20. The molecule has 0 fully saturated rings. The average Bonchev–Trinajstić information content (AvgIpc) is 3.05. The van der Waals surface area contributed by atoms with Gasteiger partial charge >= 0.3 is 0 Å². The maximum absolute atomic E-state index is 5.45. The van der Waals surface area contributed by atoms with E-state index in [0.29, 0.717) is 0 Å². The molecule has 0 aliphatic carbocycles. The highest BCUT2D eigenvalue weighted by Crippen LogP contribution is 2.42. The molecule has 1 aromatic heterocycles. The van der Waals surface area contributed by atoms with Gasteiger partial charge in [-0.2, -0.15) is 5.10 Å². The molecule has 1 aromatic carbocycles. The maximum Gasteiger partial charge on any atom is 0.231 e. The Balaban J connectivity index is 2.16. The largest absolute Gasteiger partial charge is 0.496 e. The van der Waals surface area contributed by atoms with Crippen molar-refractivity contribution in [1.82, 2.24) is 9.78 Å². The highest BCUT2D eigenvalue weighted by Gasteiger charge is 2.20. The van der Waals surface area contributed by atoms with Gasteiger partial charge in [-0.25, -0.2) is 0 Å². The number of benzene rings is 1. The molecule has 100 valence electrons. The van der Waals surface area contributed by atoms with Gasteiger partial charge in [0.2, 0.25) is 6.79 Å². The Morgan fingerprint density at radius 3 is 2.68 bits per heavy atom. The molecule has 5 heteroatoms. The van der Waals surface area contributed by atoms with Crippen LogP contribution in [0.25, 0.3) is 11.3 Å². The van der Waals surface area contributed by atoms with Crippen molar-refractivity contribution >= 4 is 0 Å². The van der Waals surface area contributed by atoms with Crippen molar-refractivity contribution in [3.05, 3.63) is 24.4 Å². The zero-order valence-corrected chi connectivity index (χ0v) is 11.2. The minimum Gasteiger partial charge on any atom is -0.496 e. The molecular formula is C14H16N2O3. The fourth-order valence-corrected chi connectivity index (χ4v) is 2.23. The topological polar surface area (TPSA) is 45.5 Å². The van der Waals surface area contributed by atoms with Crippen molar-refractivity contribution in [3.63, 3.8) is 0 Å². The van der Waals surface area contributed by atoms with Gasteiger partial charge < -0.3 is 14.2 Å². The zero-order valence-electron chi connectivity index (χ0n) is 11.2. The minimum atomic E-state index is 0.255. The van der Waals surface area contributed by atoms with Crippen molar-refractivity contribution in [2.75, 3.05) is 13.9 Å². The lowest BCUT2D eigenvalue weighted by molar-refractivity contribution is 0.174. The van der Waals surface area contributed by atoms with Gasteiger partial charge in [-0.1, -0.05) is 0 Å². The number of fused-ring (bicyclic) bond motifs is 1. The zero-order chi connectivity index (χ0) is 13.4. The van der Waals surface area contributed by atoms with Crippen LogP contribution in [0.2, 0.25) is 0 Å². The van der Waals surface area contributed by atoms with Crippen molar-refractivity contribution in [2.45, 2.75) is 19.9 Å². The normalized spacial score (nSPS) is 13.1. The van der Waals surface area contributed by atoms with E-state index in [4.69, 9.17) is 14.2 Å². The van der Waals surface area contributed by atoms with Crippen LogP contribution in [0.1, 0.15) is 19.9 Å². The van der Waals surface area contributed by atoms with E-state index in [-0.39, 0.29) is 12.8 Å². The molecule has 0 spiro atoms. The van der Waals surface area contributed by atoms with Crippen molar-refractivity contribution in [2.24, 2.45) is 0 Å². The summed E-state index contributed by atoms with van der Waals surface area (Å²) in [4.78, 5) is 0. The Morgan fingerprint density at radius 2 is 2.00 bits per heavy atom. The number of aromatic nitrogens is 2. The highest BCUT2D eigenvalue weighted by atomic mass is 16.7. The number of hydrogen-bond donors (Lipinski definition) is 0. The summed E-state index contributed by atoms with van der Waals surface area (Å²) in [5, 5.41) is 4.35. The smallest absolute Gasteiger partial charge is 0.231 e. The van der Waals surface area contributed by atoms with Gasteiger partial charge in [0.05, 0.1) is 12.8 Å². The predicted octanol–water partition coefficient (Wildman–Crippen LogP) is 2.87. The summed E-state index contributed by atoms with van der Waals surface area (Å²) < 4.78 is 18.2. The fourth-order valence-electron chi connectivity index (χ4n) is 2.23.